The lowest BCUT2D eigenvalue weighted by Gasteiger charge is -2.18. The van der Waals surface area contributed by atoms with Crippen LogP contribution in [0.25, 0.3) is 0 Å². The molecule has 6 nitrogen and oxygen atoms in total. The van der Waals surface area contributed by atoms with Gasteiger partial charge in [-0.3, -0.25) is 14.4 Å². The van der Waals surface area contributed by atoms with Crippen molar-refractivity contribution in [3.8, 4) is 0 Å². The highest BCUT2D eigenvalue weighted by molar-refractivity contribution is 5.71. The number of carbonyl (C=O) groups excluding carboxylic acids is 3. The third kappa shape index (κ3) is 41.6. The molecule has 0 radical (unpaired) electrons. The average molecular weight is 765 g/mol. The number of carbonyl (C=O) groups is 3. The Hall–Kier alpha value is -1.59. The van der Waals surface area contributed by atoms with Crippen LogP contribution < -0.4 is 0 Å². The van der Waals surface area contributed by atoms with Gasteiger partial charge in [0.15, 0.2) is 6.10 Å². The first kappa shape index (κ1) is 52.4. The highest BCUT2D eigenvalue weighted by atomic mass is 16.6. The lowest BCUT2D eigenvalue weighted by atomic mass is 10.0. The van der Waals surface area contributed by atoms with Crippen molar-refractivity contribution in [2.24, 2.45) is 5.92 Å². The summed E-state index contributed by atoms with van der Waals surface area (Å²) < 4.78 is 16.7. The zero-order valence-corrected chi connectivity index (χ0v) is 36.7. The van der Waals surface area contributed by atoms with Crippen LogP contribution in [0.2, 0.25) is 0 Å². The molecular formula is C48H92O6. The molecule has 6 heteroatoms. The number of ether oxygens (including phenoxy) is 3. The Kier molecular flexibility index (Phi) is 41.3. The maximum Gasteiger partial charge on any atom is 0.306 e. The summed E-state index contributed by atoms with van der Waals surface area (Å²) in [4.78, 5) is 37.6. The van der Waals surface area contributed by atoms with Crippen LogP contribution in [0.5, 0.6) is 0 Å². The number of esters is 3. The van der Waals surface area contributed by atoms with E-state index in [0.717, 1.165) is 63.7 Å². The van der Waals surface area contributed by atoms with Crippen molar-refractivity contribution in [3.63, 3.8) is 0 Å². The van der Waals surface area contributed by atoms with Gasteiger partial charge in [0, 0.05) is 19.3 Å². The molecule has 0 aromatic rings. The molecule has 0 unspecified atom stereocenters. The molecule has 0 bridgehead atoms. The minimum atomic E-state index is -0.758. The number of rotatable bonds is 43. The fourth-order valence-electron chi connectivity index (χ4n) is 7.16. The Balaban J connectivity index is 4.18. The van der Waals surface area contributed by atoms with Gasteiger partial charge >= 0.3 is 17.9 Å². The zero-order chi connectivity index (χ0) is 39.6. The molecule has 0 aliphatic heterocycles. The van der Waals surface area contributed by atoms with Crippen molar-refractivity contribution in [1.29, 1.82) is 0 Å². The largest absolute Gasteiger partial charge is 0.462 e. The monoisotopic (exact) mass is 765 g/mol. The van der Waals surface area contributed by atoms with Crippen LogP contribution in [0.1, 0.15) is 265 Å². The van der Waals surface area contributed by atoms with E-state index in [-0.39, 0.29) is 31.1 Å². The predicted molar refractivity (Wildman–Crippen MR) is 229 cm³/mol. The third-order valence-corrected chi connectivity index (χ3v) is 10.8. The molecule has 0 rings (SSSR count). The van der Waals surface area contributed by atoms with Crippen LogP contribution in [0.3, 0.4) is 0 Å². The quantitative estimate of drug-likeness (QED) is 0.0349. The highest BCUT2D eigenvalue weighted by Gasteiger charge is 2.19. The van der Waals surface area contributed by atoms with Gasteiger partial charge in [0.25, 0.3) is 0 Å². The van der Waals surface area contributed by atoms with Crippen LogP contribution in [0.15, 0.2) is 0 Å². The summed E-state index contributed by atoms with van der Waals surface area (Å²) in [5.74, 6) is -0.0124. The molecule has 0 fully saturated rings. The summed E-state index contributed by atoms with van der Waals surface area (Å²) in [6, 6.07) is 0. The zero-order valence-electron chi connectivity index (χ0n) is 36.7. The molecule has 0 heterocycles. The molecule has 0 saturated heterocycles. The maximum atomic E-state index is 12.6. The van der Waals surface area contributed by atoms with Crippen LogP contribution in [-0.2, 0) is 28.6 Å². The summed E-state index contributed by atoms with van der Waals surface area (Å²) >= 11 is 0. The molecule has 1 atom stereocenters. The van der Waals surface area contributed by atoms with Crippen molar-refractivity contribution in [2.75, 3.05) is 13.2 Å². The minimum absolute atomic E-state index is 0.0639. The summed E-state index contributed by atoms with van der Waals surface area (Å²) in [7, 11) is 0. The molecule has 0 aliphatic carbocycles. The van der Waals surface area contributed by atoms with E-state index >= 15 is 0 Å². The van der Waals surface area contributed by atoms with Crippen molar-refractivity contribution in [3.05, 3.63) is 0 Å². The van der Waals surface area contributed by atoms with Crippen LogP contribution in [-0.4, -0.2) is 37.2 Å². The van der Waals surface area contributed by atoms with Crippen LogP contribution >= 0.6 is 0 Å². The highest BCUT2D eigenvalue weighted by Crippen LogP contribution is 2.16. The first-order chi connectivity index (χ1) is 26.4. The van der Waals surface area contributed by atoms with Crippen molar-refractivity contribution in [2.45, 2.75) is 271 Å². The van der Waals surface area contributed by atoms with Gasteiger partial charge in [0.1, 0.15) is 13.2 Å². The van der Waals surface area contributed by atoms with E-state index in [1.807, 2.05) is 0 Å². The molecular weight excluding hydrogens is 673 g/mol. The second-order valence-corrected chi connectivity index (χ2v) is 16.9. The number of hydrogen-bond donors (Lipinski definition) is 0. The van der Waals surface area contributed by atoms with Crippen molar-refractivity contribution >= 4 is 17.9 Å². The van der Waals surface area contributed by atoms with Gasteiger partial charge in [0.2, 0.25) is 0 Å². The minimum Gasteiger partial charge on any atom is -0.462 e. The Morgan fingerprint density at radius 2 is 0.611 bits per heavy atom. The van der Waals surface area contributed by atoms with E-state index in [1.54, 1.807) is 0 Å². The Bertz CT molecular complexity index is 811. The Morgan fingerprint density at radius 3 is 0.907 bits per heavy atom. The summed E-state index contributed by atoms with van der Waals surface area (Å²) in [5, 5.41) is 0. The summed E-state index contributed by atoms with van der Waals surface area (Å²) in [6.07, 6.45) is 42.4. The number of hydrogen-bond acceptors (Lipinski definition) is 6. The fourth-order valence-corrected chi connectivity index (χ4v) is 7.16. The maximum absolute atomic E-state index is 12.6. The molecule has 0 aromatic carbocycles. The van der Waals surface area contributed by atoms with Crippen LogP contribution in [0, 0.1) is 5.92 Å². The second-order valence-electron chi connectivity index (χ2n) is 16.9. The van der Waals surface area contributed by atoms with Gasteiger partial charge < -0.3 is 14.2 Å². The molecule has 0 amide bonds. The first-order valence-corrected chi connectivity index (χ1v) is 23.9. The van der Waals surface area contributed by atoms with E-state index < -0.39 is 6.10 Å². The Morgan fingerprint density at radius 1 is 0.352 bits per heavy atom. The molecule has 0 saturated carbocycles. The second kappa shape index (κ2) is 42.6. The van der Waals surface area contributed by atoms with E-state index in [4.69, 9.17) is 14.2 Å². The van der Waals surface area contributed by atoms with E-state index in [1.165, 1.54) is 161 Å². The SMILES string of the molecule is CCCCCCCCCCCCCCC(=O)OC[C@H](COC(=O)CCCCCCCCCCCCCCCCC(C)C)OC(=O)CCCCCCCCC. The molecule has 320 valence electrons. The fraction of sp³-hybridized carbons (Fsp3) is 0.938. The third-order valence-electron chi connectivity index (χ3n) is 10.8. The molecule has 54 heavy (non-hydrogen) atoms. The van der Waals surface area contributed by atoms with Gasteiger partial charge in [0.05, 0.1) is 0 Å². The van der Waals surface area contributed by atoms with E-state index in [0.29, 0.717) is 19.3 Å². The first-order valence-electron chi connectivity index (χ1n) is 23.9. The van der Waals surface area contributed by atoms with Crippen molar-refractivity contribution < 1.29 is 28.6 Å². The lowest BCUT2D eigenvalue weighted by Crippen LogP contribution is -2.30. The molecule has 0 spiro atoms. The molecule has 0 N–H and O–H groups in total. The van der Waals surface area contributed by atoms with Gasteiger partial charge in [-0.05, 0) is 25.2 Å². The smallest absolute Gasteiger partial charge is 0.306 e. The lowest BCUT2D eigenvalue weighted by molar-refractivity contribution is -0.167. The van der Waals surface area contributed by atoms with E-state index in [9.17, 15) is 14.4 Å². The van der Waals surface area contributed by atoms with Gasteiger partial charge in [-0.15, -0.1) is 0 Å². The summed E-state index contributed by atoms with van der Waals surface area (Å²) in [5.41, 5.74) is 0. The molecule has 0 aromatic heterocycles. The summed E-state index contributed by atoms with van der Waals surface area (Å²) in [6.45, 7) is 8.98. The Labute approximate surface area is 336 Å². The molecule has 0 aliphatic rings. The van der Waals surface area contributed by atoms with Gasteiger partial charge in [-0.1, -0.05) is 227 Å². The topological polar surface area (TPSA) is 78.9 Å². The van der Waals surface area contributed by atoms with Gasteiger partial charge in [-0.25, -0.2) is 0 Å². The van der Waals surface area contributed by atoms with Gasteiger partial charge in [-0.2, -0.15) is 0 Å². The van der Waals surface area contributed by atoms with E-state index in [2.05, 4.69) is 27.7 Å². The predicted octanol–water partition coefficient (Wildman–Crippen LogP) is 15.1. The number of unbranched alkanes of at least 4 members (excludes halogenated alkanes) is 30. The standard InChI is InChI=1S/C48H92O6/c1-5-7-9-11-13-14-15-21-24-28-31-35-39-46(49)52-42-45(54-48(51)41-37-33-26-12-10-8-6-2)43-53-47(50)40-36-32-29-25-22-19-17-16-18-20-23-27-30-34-38-44(3)4/h44-45H,5-43H2,1-4H3/t45-/m1/s1. The van der Waals surface area contributed by atoms with Crippen molar-refractivity contribution in [1.82, 2.24) is 0 Å². The normalized spacial score (nSPS) is 11.9. The van der Waals surface area contributed by atoms with Crippen LogP contribution in [0.4, 0.5) is 0 Å². The average Bonchev–Trinajstić information content (AvgIpc) is 3.15.